The van der Waals surface area contributed by atoms with Gasteiger partial charge in [-0.15, -0.1) is 0 Å². The summed E-state index contributed by atoms with van der Waals surface area (Å²) in [7, 11) is 0. The van der Waals surface area contributed by atoms with Crippen molar-refractivity contribution in [2.75, 3.05) is 6.61 Å². The van der Waals surface area contributed by atoms with Gasteiger partial charge in [-0.05, 0) is 77.0 Å². The quantitative estimate of drug-likeness (QED) is 0.0308. The second-order valence-corrected chi connectivity index (χ2v) is 20.7. The summed E-state index contributed by atoms with van der Waals surface area (Å²) in [6, 6.07) is -1.01. The first kappa shape index (κ1) is 65.5. The molecule has 0 aromatic heterocycles. The lowest BCUT2D eigenvalue weighted by molar-refractivity contribution is -0.132. The van der Waals surface area contributed by atoms with E-state index in [4.69, 9.17) is 0 Å². The number of amides is 1. The van der Waals surface area contributed by atoms with E-state index in [1.54, 1.807) is 0 Å². The first-order valence-corrected chi connectivity index (χ1v) is 29.9. The maximum Gasteiger partial charge on any atom is 0.249 e. The van der Waals surface area contributed by atoms with Gasteiger partial charge in [-0.25, -0.2) is 0 Å². The number of allylic oxidation sites excluding steroid dienone is 6. The molecule has 6 nitrogen and oxygen atoms in total. The van der Waals surface area contributed by atoms with Crippen molar-refractivity contribution in [2.45, 2.75) is 340 Å². The van der Waals surface area contributed by atoms with E-state index >= 15 is 0 Å². The number of carbonyl (C=O) groups excluding carboxylic acids is 1. The van der Waals surface area contributed by atoms with Crippen LogP contribution in [-0.4, -0.2) is 57.3 Å². The molecule has 0 aromatic carbocycles. The van der Waals surface area contributed by atoms with Crippen molar-refractivity contribution >= 4 is 5.91 Å². The van der Waals surface area contributed by atoms with Crippen LogP contribution in [0, 0.1) is 0 Å². The molecule has 0 heterocycles. The Kier molecular flexibility index (Phi) is 54.2. The molecule has 0 fully saturated rings. The molecule has 0 aromatic rings. The first-order valence-electron chi connectivity index (χ1n) is 29.9. The Morgan fingerprint density at radius 1 is 0.358 bits per heavy atom. The Bertz CT molecular complexity index is 1060. The molecule has 5 N–H and O–H groups in total. The first-order chi connectivity index (χ1) is 33.0. The van der Waals surface area contributed by atoms with Gasteiger partial charge in [-0.3, -0.25) is 4.79 Å². The number of carbonyl (C=O) groups is 1. The van der Waals surface area contributed by atoms with Crippen LogP contribution in [0.25, 0.3) is 0 Å². The van der Waals surface area contributed by atoms with E-state index in [0.29, 0.717) is 19.3 Å². The van der Waals surface area contributed by atoms with Gasteiger partial charge in [0.25, 0.3) is 0 Å². The summed E-state index contributed by atoms with van der Waals surface area (Å²) in [5, 5.41) is 44.0. The predicted molar refractivity (Wildman–Crippen MR) is 293 cm³/mol. The van der Waals surface area contributed by atoms with Crippen molar-refractivity contribution < 1.29 is 25.2 Å². The smallest absolute Gasteiger partial charge is 0.249 e. The van der Waals surface area contributed by atoms with Crippen molar-refractivity contribution in [3.05, 3.63) is 36.5 Å². The molecule has 0 aliphatic heterocycles. The molecule has 0 radical (unpaired) electrons. The van der Waals surface area contributed by atoms with E-state index < -0.39 is 36.9 Å². The summed E-state index contributed by atoms with van der Waals surface area (Å²) in [5.74, 6) is -0.597. The summed E-state index contributed by atoms with van der Waals surface area (Å²) in [6.07, 6.45) is 69.4. The number of unbranched alkanes of at least 4 members (excludes halogenated alkanes) is 40. The molecule has 0 spiro atoms. The maximum atomic E-state index is 12.6. The Labute approximate surface area is 417 Å². The molecule has 396 valence electrons. The zero-order valence-electron chi connectivity index (χ0n) is 44.9. The molecule has 4 unspecified atom stereocenters. The fourth-order valence-corrected chi connectivity index (χ4v) is 9.36. The Morgan fingerprint density at radius 2 is 0.627 bits per heavy atom. The number of rotatable bonds is 55. The monoisotopic (exact) mass is 944 g/mol. The highest BCUT2D eigenvalue weighted by Gasteiger charge is 2.28. The molecular weight excluding hydrogens is 827 g/mol. The van der Waals surface area contributed by atoms with Gasteiger partial charge < -0.3 is 25.7 Å². The largest absolute Gasteiger partial charge is 0.394 e. The van der Waals surface area contributed by atoms with Gasteiger partial charge in [-0.2, -0.15) is 0 Å². The highest BCUT2D eigenvalue weighted by molar-refractivity contribution is 5.80. The van der Waals surface area contributed by atoms with Gasteiger partial charge in [0.2, 0.25) is 5.91 Å². The average molecular weight is 945 g/mol. The summed E-state index contributed by atoms with van der Waals surface area (Å²) < 4.78 is 0. The van der Waals surface area contributed by atoms with E-state index in [9.17, 15) is 25.2 Å². The van der Waals surface area contributed by atoms with Crippen LogP contribution in [0.4, 0.5) is 0 Å². The maximum absolute atomic E-state index is 12.6. The third kappa shape index (κ3) is 49.3. The number of aliphatic hydroxyl groups is 4. The van der Waals surface area contributed by atoms with Gasteiger partial charge in [0.15, 0.2) is 0 Å². The van der Waals surface area contributed by atoms with Gasteiger partial charge in [0.1, 0.15) is 12.2 Å². The predicted octanol–water partition coefficient (Wildman–Crippen LogP) is 17.6. The van der Waals surface area contributed by atoms with Gasteiger partial charge in [-0.1, -0.05) is 275 Å². The van der Waals surface area contributed by atoms with Crippen LogP contribution in [0.2, 0.25) is 0 Å². The number of aliphatic hydroxyl groups excluding tert-OH is 4. The minimum Gasteiger partial charge on any atom is -0.394 e. The molecule has 0 rings (SSSR count). The average Bonchev–Trinajstić information content (AvgIpc) is 3.33. The fourth-order valence-electron chi connectivity index (χ4n) is 9.36. The van der Waals surface area contributed by atoms with E-state index in [2.05, 4.69) is 55.6 Å². The summed E-state index contributed by atoms with van der Waals surface area (Å²) in [4.78, 5) is 12.6. The molecule has 4 atom stereocenters. The fraction of sp³-hybridized carbons (Fsp3) is 0.885. The SMILES string of the molecule is CCCCCCCCCCCCCC/C=C\CCCCCCCCCC(O)C(=O)NC(CO)C(O)C(O)CCC/C=C/CC/C=C/CCCCCCCCCCCCCCCCCCCCC. The molecule has 0 aliphatic carbocycles. The van der Waals surface area contributed by atoms with Crippen LogP contribution in [0.3, 0.4) is 0 Å². The Hall–Kier alpha value is -1.47. The van der Waals surface area contributed by atoms with Gasteiger partial charge in [0.05, 0.1) is 18.8 Å². The molecule has 0 saturated heterocycles. The topological polar surface area (TPSA) is 110 Å². The number of hydrogen-bond acceptors (Lipinski definition) is 5. The van der Waals surface area contributed by atoms with Crippen LogP contribution < -0.4 is 5.32 Å². The normalized spacial score (nSPS) is 13.9. The second-order valence-electron chi connectivity index (χ2n) is 20.7. The van der Waals surface area contributed by atoms with E-state index in [-0.39, 0.29) is 0 Å². The van der Waals surface area contributed by atoms with Crippen molar-refractivity contribution in [1.82, 2.24) is 5.32 Å². The third-order valence-corrected chi connectivity index (χ3v) is 14.1. The van der Waals surface area contributed by atoms with Crippen LogP contribution in [0.15, 0.2) is 36.5 Å². The molecule has 0 aliphatic rings. The number of hydrogen-bond donors (Lipinski definition) is 5. The lowest BCUT2D eigenvalue weighted by Crippen LogP contribution is -2.53. The second kappa shape index (κ2) is 55.5. The number of nitrogens with one attached hydrogen (secondary N) is 1. The van der Waals surface area contributed by atoms with Crippen LogP contribution in [0.1, 0.15) is 316 Å². The van der Waals surface area contributed by atoms with Crippen molar-refractivity contribution in [2.24, 2.45) is 0 Å². The molecule has 6 heteroatoms. The van der Waals surface area contributed by atoms with E-state index in [1.165, 1.54) is 244 Å². The van der Waals surface area contributed by atoms with Crippen LogP contribution >= 0.6 is 0 Å². The van der Waals surface area contributed by atoms with Gasteiger partial charge in [0, 0.05) is 0 Å². The third-order valence-electron chi connectivity index (χ3n) is 14.1. The summed E-state index contributed by atoms with van der Waals surface area (Å²) in [6.45, 7) is 4.08. The molecule has 0 bridgehead atoms. The molecular formula is C61H117NO5. The lowest BCUT2D eigenvalue weighted by Gasteiger charge is -2.27. The van der Waals surface area contributed by atoms with Crippen molar-refractivity contribution in [3.8, 4) is 0 Å². The minimum absolute atomic E-state index is 0.356. The summed E-state index contributed by atoms with van der Waals surface area (Å²) >= 11 is 0. The van der Waals surface area contributed by atoms with E-state index in [1.807, 2.05) is 0 Å². The Morgan fingerprint density at radius 3 is 0.940 bits per heavy atom. The van der Waals surface area contributed by atoms with Crippen molar-refractivity contribution in [1.29, 1.82) is 0 Å². The Balaban J connectivity index is 3.67. The minimum atomic E-state index is -1.29. The lowest BCUT2D eigenvalue weighted by atomic mass is 10.00. The highest BCUT2D eigenvalue weighted by Crippen LogP contribution is 2.17. The van der Waals surface area contributed by atoms with Crippen molar-refractivity contribution in [3.63, 3.8) is 0 Å². The standard InChI is InChI=1S/C61H117NO5/c1-3-5-7-9-11-13-15-17-19-21-23-25-27-28-29-30-31-33-34-36-38-40-42-44-46-48-50-52-54-58(64)60(66)57(56-63)62-61(67)59(65)55-53-51-49-47-45-43-41-39-37-35-32-26-24-22-20-18-16-14-12-10-8-6-4-2/h35,37-38,40,46,48,57-60,63-66H,3-34,36,39,41-45,47,49-56H2,1-2H3,(H,62,67)/b37-35-,40-38+,48-46+. The van der Waals surface area contributed by atoms with Crippen LogP contribution in [0.5, 0.6) is 0 Å². The molecule has 0 saturated carbocycles. The van der Waals surface area contributed by atoms with Gasteiger partial charge >= 0.3 is 0 Å². The van der Waals surface area contributed by atoms with Crippen LogP contribution in [-0.2, 0) is 4.79 Å². The zero-order chi connectivity index (χ0) is 48.8. The molecule has 1 amide bonds. The highest BCUT2D eigenvalue weighted by atomic mass is 16.3. The summed E-state index contributed by atoms with van der Waals surface area (Å²) in [5.41, 5.74) is 0. The molecule has 67 heavy (non-hydrogen) atoms. The zero-order valence-corrected chi connectivity index (χ0v) is 44.9. The van der Waals surface area contributed by atoms with E-state index in [0.717, 1.165) is 38.5 Å².